The number of hydrogen-bond acceptors (Lipinski definition) is 5. The first-order valence-corrected chi connectivity index (χ1v) is 5.91. The number of nitro groups is 1. The van der Waals surface area contributed by atoms with Crippen molar-refractivity contribution in [2.24, 2.45) is 5.92 Å². The summed E-state index contributed by atoms with van der Waals surface area (Å²) in [4.78, 5) is 22.9. The van der Waals surface area contributed by atoms with E-state index in [-0.39, 0.29) is 13.1 Å². The van der Waals surface area contributed by atoms with Gasteiger partial charge in [-0.2, -0.15) is 0 Å². The first kappa shape index (κ1) is 14.2. The molecule has 20 heavy (non-hydrogen) atoms. The van der Waals surface area contributed by atoms with Gasteiger partial charge in [0.15, 0.2) is 17.3 Å². The number of methoxy groups -OCH3 is 1. The smallest absolute Gasteiger partial charge is 0.310 e. The van der Waals surface area contributed by atoms with Crippen LogP contribution in [0.3, 0.4) is 0 Å². The highest BCUT2D eigenvalue weighted by atomic mass is 19.2. The maximum atomic E-state index is 13.8. The van der Waals surface area contributed by atoms with Gasteiger partial charge in [0.1, 0.15) is 0 Å². The van der Waals surface area contributed by atoms with Crippen LogP contribution in [0.15, 0.2) is 12.1 Å². The molecule has 1 saturated heterocycles. The molecule has 1 aromatic carbocycles. The summed E-state index contributed by atoms with van der Waals surface area (Å²) in [5, 5.41) is 10.9. The minimum absolute atomic E-state index is 0.0634. The van der Waals surface area contributed by atoms with E-state index in [1.807, 2.05) is 0 Å². The fourth-order valence-corrected chi connectivity index (χ4v) is 2.30. The number of nitro benzene ring substituents is 1. The van der Waals surface area contributed by atoms with Crippen LogP contribution >= 0.6 is 0 Å². The molecule has 0 N–H and O–H groups in total. The molecule has 1 aliphatic heterocycles. The van der Waals surface area contributed by atoms with Crippen LogP contribution in [0.2, 0.25) is 0 Å². The monoisotopic (exact) mass is 286 g/mol. The third-order valence-electron chi connectivity index (χ3n) is 3.28. The summed E-state index contributed by atoms with van der Waals surface area (Å²) in [6.07, 6.45) is 0.375. The average Bonchev–Trinajstić information content (AvgIpc) is 2.89. The first-order chi connectivity index (χ1) is 9.45. The Labute approximate surface area is 113 Å². The molecule has 0 spiro atoms. The van der Waals surface area contributed by atoms with E-state index in [0.717, 1.165) is 6.07 Å². The van der Waals surface area contributed by atoms with Gasteiger partial charge in [0.2, 0.25) is 0 Å². The van der Waals surface area contributed by atoms with Crippen molar-refractivity contribution >= 4 is 17.3 Å². The molecule has 0 aliphatic carbocycles. The molecule has 1 fully saturated rings. The molecule has 0 aromatic heterocycles. The molecule has 0 bridgehead atoms. The van der Waals surface area contributed by atoms with E-state index in [0.29, 0.717) is 12.5 Å². The van der Waals surface area contributed by atoms with Crippen LogP contribution in [-0.2, 0) is 9.53 Å². The zero-order valence-corrected chi connectivity index (χ0v) is 10.6. The van der Waals surface area contributed by atoms with Crippen LogP contribution in [0.5, 0.6) is 0 Å². The fourth-order valence-electron chi connectivity index (χ4n) is 2.30. The SMILES string of the molecule is COC(=O)C1CCN(c2c([N+](=O)[O-])ccc(F)c2F)C1. The predicted octanol–water partition coefficient (Wildman–Crippen LogP) is 1.87. The van der Waals surface area contributed by atoms with E-state index < -0.39 is 39.8 Å². The van der Waals surface area contributed by atoms with Gasteiger partial charge in [0.25, 0.3) is 5.69 Å². The molecular formula is C12H12F2N2O4. The number of carbonyl (C=O) groups excluding carboxylic acids is 1. The zero-order valence-electron chi connectivity index (χ0n) is 10.6. The number of carbonyl (C=O) groups is 1. The number of ether oxygens (including phenoxy) is 1. The van der Waals surface area contributed by atoms with Crippen molar-refractivity contribution in [1.82, 2.24) is 0 Å². The van der Waals surface area contributed by atoms with Crippen molar-refractivity contribution in [1.29, 1.82) is 0 Å². The quantitative estimate of drug-likeness (QED) is 0.482. The normalized spacial score (nSPS) is 18.1. The number of nitrogens with zero attached hydrogens (tertiary/aromatic N) is 2. The molecule has 108 valence electrons. The molecular weight excluding hydrogens is 274 g/mol. The molecule has 0 amide bonds. The van der Waals surface area contributed by atoms with Gasteiger partial charge in [-0.05, 0) is 12.5 Å². The fraction of sp³-hybridized carbons (Fsp3) is 0.417. The number of esters is 1. The van der Waals surface area contributed by atoms with Gasteiger partial charge < -0.3 is 9.64 Å². The highest BCUT2D eigenvalue weighted by molar-refractivity contribution is 5.75. The Bertz CT molecular complexity index is 565. The third kappa shape index (κ3) is 2.40. The number of anilines is 1. The summed E-state index contributed by atoms with van der Waals surface area (Å²) in [5.74, 6) is -3.40. The third-order valence-corrected chi connectivity index (χ3v) is 3.28. The van der Waals surface area contributed by atoms with Crippen LogP contribution in [-0.4, -0.2) is 31.1 Å². The van der Waals surface area contributed by atoms with Crippen molar-refractivity contribution in [3.63, 3.8) is 0 Å². The lowest BCUT2D eigenvalue weighted by Gasteiger charge is -2.19. The summed E-state index contributed by atoms with van der Waals surface area (Å²) in [6.45, 7) is 0.287. The molecule has 1 aliphatic rings. The van der Waals surface area contributed by atoms with E-state index in [4.69, 9.17) is 0 Å². The van der Waals surface area contributed by atoms with E-state index in [9.17, 15) is 23.7 Å². The van der Waals surface area contributed by atoms with Gasteiger partial charge in [-0.3, -0.25) is 14.9 Å². The minimum Gasteiger partial charge on any atom is -0.469 e. The summed E-state index contributed by atoms with van der Waals surface area (Å²) in [5.41, 5.74) is -0.934. The van der Waals surface area contributed by atoms with Gasteiger partial charge in [0, 0.05) is 19.2 Å². The second-order valence-electron chi connectivity index (χ2n) is 4.44. The first-order valence-electron chi connectivity index (χ1n) is 5.91. The van der Waals surface area contributed by atoms with Crippen molar-refractivity contribution in [3.05, 3.63) is 33.9 Å². The molecule has 8 heteroatoms. The van der Waals surface area contributed by atoms with Gasteiger partial charge in [-0.1, -0.05) is 0 Å². The van der Waals surface area contributed by atoms with Gasteiger partial charge in [0.05, 0.1) is 18.0 Å². The Morgan fingerprint density at radius 2 is 2.20 bits per heavy atom. The zero-order chi connectivity index (χ0) is 14.9. The summed E-state index contributed by atoms with van der Waals surface area (Å²) < 4.78 is 31.7. The molecule has 0 saturated carbocycles. The molecule has 1 unspecified atom stereocenters. The molecule has 1 aromatic rings. The lowest BCUT2D eigenvalue weighted by Crippen LogP contribution is -2.25. The summed E-state index contributed by atoms with van der Waals surface area (Å²) >= 11 is 0. The maximum Gasteiger partial charge on any atom is 0.310 e. The second-order valence-corrected chi connectivity index (χ2v) is 4.44. The molecule has 2 rings (SSSR count). The largest absolute Gasteiger partial charge is 0.469 e. The van der Waals surface area contributed by atoms with Crippen LogP contribution < -0.4 is 4.90 Å². The number of benzene rings is 1. The highest BCUT2D eigenvalue weighted by Gasteiger charge is 2.35. The summed E-state index contributed by atoms with van der Waals surface area (Å²) in [7, 11) is 1.23. The number of rotatable bonds is 3. The van der Waals surface area contributed by atoms with E-state index in [1.165, 1.54) is 12.0 Å². The van der Waals surface area contributed by atoms with Crippen LogP contribution in [0, 0.1) is 27.7 Å². The standard InChI is InChI=1S/C12H12F2N2O4/c1-20-12(17)7-4-5-15(6-7)11-9(16(18)19)3-2-8(13)10(11)14/h2-3,7H,4-6H2,1H3. The van der Waals surface area contributed by atoms with Crippen molar-refractivity contribution in [2.45, 2.75) is 6.42 Å². The predicted molar refractivity (Wildman–Crippen MR) is 65.3 cm³/mol. The molecule has 1 atom stereocenters. The maximum absolute atomic E-state index is 13.8. The Morgan fingerprint density at radius 1 is 1.50 bits per heavy atom. The van der Waals surface area contributed by atoms with E-state index in [2.05, 4.69) is 4.74 Å². The van der Waals surface area contributed by atoms with E-state index >= 15 is 0 Å². The van der Waals surface area contributed by atoms with Gasteiger partial charge in [-0.15, -0.1) is 0 Å². The van der Waals surface area contributed by atoms with Crippen LogP contribution in [0.1, 0.15) is 6.42 Å². The minimum atomic E-state index is -1.27. The van der Waals surface area contributed by atoms with Crippen LogP contribution in [0.25, 0.3) is 0 Å². The lowest BCUT2D eigenvalue weighted by molar-refractivity contribution is -0.384. The van der Waals surface area contributed by atoms with Gasteiger partial charge >= 0.3 is 5.97 Å². The van der Waals surface area contributed by atoms with E-state index in [1.54, 1.807) is 0 Å². The summed E-state index contributed by atoms with van der Waals surface area (Å²) in [6, 6.07) is 1.63. The van der Waals surface area contributed by atoms with Crippen LogP contribution in [0.4, 0.5) is 20.2 Å². The van der Waals surface area contributed by atoms with Gasteiger partial charge in [-0.25, -0.2) is 8.78 Å². The lowest BCUT2D eigenvalue weighted by atomic mass is 10.1. The topological polar surface area (TPSA) is 72.7 Å². The molecule has 1 heterocycles. The highest BCUT2D eigenvalue weighted by Crippen LogP contribution is 2.35. The Balaban J connectivity index is 2.36. The Morgan fingerprint density at radius 3 is 2.80 bits per heavy atom. The van der Waals surface area contributed by atoms with Crippen molar-refractivity contribution in [2.75, 3.05) is 25.1 Å². The number of halogens is 2. The number of hydrogen-bond donors (Lipinski definition) is 0. The molecule has 6 nitrogen and oxygen atoms in total. The molecule has 0 radical (unpaired) electrons. The second kappa shape index (κ2) is 5.40. The van der Waals surface area contributed by atoms with Crippen molar-refractivity contribution < 1.29 is 23.2 Å². The average molecular weight is 286 g/mol. The Hall–Kier alpha value is -2.25. The Kier molecular flexibility index (Phi) is 3.82. The van der Waals surface area contributed by atoms with Crippen molar-refractivity contribution in [3.8, 4) is 0 Å².